The third-order valence-electron chi connectivity index (χ3n) is 4.11. The van der Waals surface area contributed by atoms with Gasteiger partial charge in [0.15, 0.2) is 0 Å². The first-order chi connectivity index (χ1) is 10.4. The zero-order valence-electron chi connectivity index (χ0n) is 13.2. The number of nitrogens with zero attached hydrogens (tertiary/aromatic N) is 3. The number of hydrogen-bond acceptors (Lipinski definition) is 3. The molecule has 0 amide bonds. The lowest BCUT2D eigenvalue weighted by atomic mass is 10.1. The smallest absolute Gasteiger partial charge is 0.117 e. The van der Waals surface area contributed by atoms with Crippen molar-refractivity contribution in [2.24, 2.45) is 0 Å². The number of rotatable bonds is 6. The molecule has 2 aromatic rings. The van der Waals surface area contributed by atoms with Crippen molar-refractivity contribution in [3.63, 3.8) is 0 Å². The Kier molecular flexibility index (Phi) is 6.40. The molecule has 0 saturated heterocycles. The van der Waals surface area contributed by atoms with Gasteiger partial charge < -0.3 is 5.32 Å². The van der Waals surface area contributed by atoms with Gasteiger partial charge in [0, 0.05) is 18.2 Å². The van der Waals surface area contributed by atoms with Crippen molar-refractivity contribution in [1.82, 2.24) is 20.3 Å². The normalized spacial score (nSPS) is 15.0. The summed E-state index contributed by atoms with van der Waals surface area (Å²) in [6, 6.07) is 11.0. The molecule has 0 bridgehead atoms. The van der Waals surface area contributed by atoms with Gasteiger partial charge in [-0.05, 0) is 19.3 Å². The minimum Gasteiger partial charge on any atom is -0.308 e. The van der Waals surface area contributed by atoms with Crippen LogP contribution in [0.15, 0.2) is 30.3 Å². The van der Waals surface area contributed by atoms with E-state index >= 15 is 0 Å². The van der Waals surface area contributed by atoms with E-state index in [1.807, 2.05) is 10.9 Å². The fourth-order valence-corrected chi connectivity index (χ4v) is 2.99. The van der Waals surface area contributed by atoms with Crippen molar-refractivity contribution >= 4 is 12.4 Å². The van der Waals surface area contributed by atoms with Crippen LogP contribution in [0.4, 0.5) is 0 Å². The second-order valence-corrected chi connectivity index (χ2v) is 5.82. The predicted octanol–water partition coefficient (Wildman–Crippen LogP) is 3.81. The Balaban J connectivity index is 0.00000176. The SMILES string of the molecule is CCCn1nc(CNC2CCCC2)c(-c2ccccc2)n1.Cl. The number of nitrogens with one attached hydrogen (secondary N) is 1. The second kappa shape index (κ2) is 8.30. The molecule has 1 heterocycles. The topological polar surface area (TPSA) is 42.7 Å². The van der Waals surface area contributed by atoms with E-state index in [9.17, 15) is 0 Å². The highest BCUT2D eigenvalue weighted by Gasteiger charge is 2.17. The Labute approximate surface area is 138 Å². The number of halogens is 1. The molecule has 1 fully saturated rings. The quantitative estimate of drug-likeness (QED) is 0.880. The summed E-state index contributed by atoms with van der Waals surface area (Å²) in [7, 11) is 0. The molecule has 120 valence electrons. The highest BCUT2D eigenvalue weighted by molar-refractivity contribution is 5.85. The molecule has 1 aliphatic carbocycles. The van der Waals surface area contributed by atoms with Crippen LogP contribution in [0.3, 0.4) is 0 Å². The first kappa shape index (κ1) is 17.0. The molecule has 3 rings (SSSR count). The van der Waals surface area contributed by atoms with E-state index < -0.39 is 0 Å². The van der Waals surface area contributed by atoms with Crippen LogP contribution < -0.4 is 5.32 Å². The molecule has 1 saturated carbocycles. The Morgan fingerprint density at radius 3 is 2.55 bits per heavy atom. The van der Waals surface area contributed by atoms with Crippen LogP contribution in [0.5, 0.6) is 0 Å². The number of hydrogen-bond donors (Lipinski definition) is 1. The summed E-state index contributed by atoms with van der Waals surface area (Å²) >= 11 is 0. The van der Waals surface area contributed by atoms with E-state index in [0.717, 1.165) is 36.5 Å². The van der Waals surface area contributed by atoms with Gasteiger partial charge in [-0.1, -0.05) is 50.1 Å². The summed E-state index contributed by atoms with van der Waals surface area (Å²) in [5.41, 5.74) is 3.25. The molecule has 5 heteroatoms. The van der Waals surface area contributed by atoms with Crippen molar-refractivity contribution in [2.75, 3.05) is 0 Å². The van der Waals surface area contributed by atoms with Gasteiger partial charge in [0.25, 0.3) is 0 Å². The van der Waals surface area contributed by atoms with Crippen molar-refractivity contribution in [2.45, 2.75) is 58.2 Å². The highest BCUT2D eigenvalue weighted by Crippen LogP contribution is 2.22. The lowest BCUT2D eigenvalue weighted by Crippen LogP contribution is -2.25. The average molecular weight is 321 g/mol. The largest absolute Gasteiger partial charge is 0.308 e. The summed E-state index contributed by atoms with van der Waals surface area (Å²) in [6.07, 6.45) is 6.35. The van der Waals surface area contributed by atoms with Crippen LogP contribution in [0, 0.1) is 0 Å². The van der Waals surface area contributed by atoms with Gasteiger partial charge in [-0.25, -0.2) is 0 Å². The van der Waals surface area contributed by atoms with Crippen molar-refractivity contribution in [3.05, 3.63) is 36.0 Å². The molecule has 1 N–H and O–H groups in total. The van der Waals surface area contributed by atoms with E-state index in [1.54, 1.807) is 0 Å². The molecular weight excluding hydrogens is 296 g/mol. The average Bonchev–Trinajstić information content (AvgIpc) is 3.16. The van der Waals surface area contributed by atoms with Crippen LogP contribution in [-0.4, -0.2) is 21.0 Å². The summed E-state index contributed by atoms with van der Waals surface area (Å²) in [4.78, 5) is 1.84. The predicted molar refractivity (Wildman–Crippen MR) is 92.1 cm³/mol. The zero-order valence-corrected chi connectivity index (χ0v) is 14.0. The van der Waals surface area contributed by atoms with E-state index in [0.29, 0.717) is 6.04 Å². The van der Waals surface area contributed by atoms with Crippen LogP contribution in [-0.2, 0) is 13.1 Å². The summed E-state index contributed by atoms with van der Waals surface area (Å²) in [5, 5.41) is 13.0. The summed E-state index contributed by atoms with van der Waals surface area (Å²) in [6.45, 7) is 3.85. The molecule has 22 heavy (non-hydrogen) atoms. The van der Waals surface area contributed by atoms with E-state index in [4.69, 9.17) is 0 Å². The Bertz CT molecular complexity index is 561. The zero-order chi connectivity index (χ0) is 14.5. The van der Waals surface area contributed by atoms with Gasteiger partial charge in [0.1, 0.15) is 11.4 Å². The van der Waals surface area contributed by atoms with Crippen LogP contribution in [0.2, 0.25) is 0 Å². The Morgan fingerprint density at radius 2 is 1.86 bits per heavy atom. The van der Waals surface area contributed by atoms with Gasteiger partial charge in [0.05, 0.1) is 6.54 Å². The maximum atomic E-state index is 4.68. The lowest BCUT2D eigenvalue weighted by molar-refractivity contribution is 0.499. The van der Waals surface area contributed by atoms with Gasteiger partial charge >= 0.3 is 0 Å². The first-order valence-electron chi connectivity index (χ1n) is 8.09. The van der Waals surface area contributed by atoms with E-state index in [2.05, 4.69) is 46.7 Å². The molecule has 1 aromatic heterocycles. The molecule has 0 aliphatic heterocycles. The molecule has 0 spiro atoms. The fraction of sp³-hybridized carbons (Fsp3) is 0.529. The van der Waals surface area contributed by atoms with Crippen molar-refractivity contribution in [1.29, 1.82) is 0 Å². The summed E-state index contributed by atoms with van der Waals surface area (Å²) < 4.78 is 0. The first-order valence-corrected chi connectivity index (χ1v) is 8.09. The molecule has 0 atom stereocenters. The monoisotopic (exact) mass is 320 g/mol. The Hall–Kier alpha value is -1.39. The molecule has 0 unspecified atom stereocenters. The van der Waals surface area contributed by atoms with Gasteiger partial charge in [-0.15, -0.1) is 12.4 Å². The maximum Gasteiger partial charge on any atom is 0.117 e. The van der Waals surface area contributed by atoms with Gasteiger partial charge in [-0.3, -0.25) is 0 Å². The third-order valence-corrected chi connectivity index (χ3v) is 4.11. The number of benzene rings is 1. The van der Waals surface area contributed by atoms with Gasteiger partial charge in [-0.2, -0.15) is 15.0 Å². The number of aromatic nitrogens is 3. The summed E-state index contributed by atoms with van der Waals surface area (Å²) in [5.74, 6) is 0. The minimum atomic E-state index is 0. The standard InChI is InChI=1S/C17H24N4.ClH/c1-2-12-21-19-16(13-18-15-10-6-7-11-15)17(20-21)14-8-4-3-5-9-14;/h3-5,8-9,15,18H,2,6-7,10-13H2,1H3;1H. The van der Waals surface area contributed by atoms with Crippen LogP contribution in [0.25, 0.3) is 11.3 Å². The van der Waals surface area contributed by atoms with E-state index in [-0.39, 0.29) is 12.4 Å². The highest BCUT2D eigenvalue weighted by atomic mass is 35.5. The maximum absolute atomic E-state index is 4.68. The third kappa shape index (κ3) is 4.08. The second-order valence-electron chi connectivity index (χ2n) is 5.82. The van der Waals surface area contributed by atoms with Gasteiger partial charge in [0.2, 0.25) is 0 Å². The molecule has 1 aliphatic rings. The molecule has 1 aromatic carbocycles. The minimum absolute atomic E-state index is 0. The van der Waals surface area contributed by atoms with Crippen molar-refractivity contribution < 1.29 is 0 Å². The van der Waals surface area contributed by atoms with Crippen LogP contribution >= 0.6 is 12.4 Å². The Morgan fingerprint density at radius 1 is 1.14 bits per heavy atom. The molecular formula is C17H25ClN4. The van der Waals surface area contributed by atoms with Crippen LogP contribution in [0.1, 0.15) is 44.7 Å². The molecule has 0 radical (unpaired) electrons. The van der Waals surface area contributed by atoms with E-state index in [1.165, 1.54) is 25.7 Å². The lowest BCUT2D eigenvalue weighted by Gasteiger charge is -2.10. The van der Waals surface area contributed by atoms with Crippen molar-refractivity contribution in [3.8, 4) is 11.3 Å². The molecule has 4 nitrogen and oxygen atoms in total. The number of aryl methyl sites for hydroxylation is 1. The fourth-order valence-electron chi connectivity index (χ4n) is 2.99.